The molecular formula is C28H27NO4. The number of carbonyl (C=O) groups is 2. The van der Waals surface area contributed by atoms with E-state index in [4.69, 9.17) is 4.74 Å². The molecule has 1 saturated heterocycles. The molecule has 4 rings (SSSR count). The molecule has 3 aromatic carbocycles. The van der Waals surface area contributed by atoms with E-state index in [-0.39, 0.29) is 11.3 Å². The van der Waals surface area contributed by atoms with E-state index < -0.39 is 17.7 Å². The average molecular weight is 442 g/mol. The minimum atomic E-state index is -0.784. The van der Waals surface area contributed by atoms with Gasteiger partial charge in [-0.3, -0.25) is 14.5 Å². The van der Waals surface area contributed by atoms with Crippen molar-refractivity contribution in [3.63, 3.8) is 0 Å². The lowest BCUT2D eigenvalue weighted by Gasteiger charge is -2.26. The minimum absolute atomic E-state index is 0.0722. The Bertz CT molecular complexity index is 1260. The molecule has 33 heavy (non-hydrogen) atoms. The van der Waals surface area contributed by atoms with Gasteiger partial charge in [-0.1, -0.05) is 47.5 Å². The number of rotatable bonds is 5. The summed E-state index contributed by atoms with van der Waals surface area (Å²) in [5, 5.41) is 11.4. The van der Waals surface area contributed by atoms with Crippen molar-refractivity contribution in [2.24, 2.45) is 0 Å². The Morgan fingerprint density at radius 2 is 1.64 bits per heavy atom. The van der Waals surface area contributed by atoms with E-state index in [2.05, 4.69) is 0 Å². The van der Waals surface area contributed by atoms with Crippen molar-refractivity contribution in [3.05, 3.63) is 100 Å². The van der Waals surface area contributed by atoms with Crippen LogP contribution in [0, 0.1) is 20.8 Å². The number of aliphatic hydroxyl groups is 1. The van der Waals surface area contributed by atoms with Crippen LogP contribution in [0.1, 0.15) is 40.8 Å². The topological polar surface area (TPSA) is 66.8 Å². The van der Waals surface area contributed by atoms with Gasteiger partial charge >= 0.3 is 0 Å². The lowest BCUT2D eigenvalue weighted by molar-refractivity contribution is -0.132. The molecule has 3 aromatic rings. The third kappa shape index (κ3) is 4.14. The summed E-state index contributed by atoms with van der Waals surface area (Å²) in [4.78, 5) is 28.1. The van der Waals surface area contributed by atoms with E-state index in [1.807, 2.05) is 94.4 Å². The number of hydrogen-bond donors (Lipinski definition) is 1. The summed E-state index contributed by atoms with van der Waals surface area (Å²) in [6, 6.07) is 19.6. The van der Waals surface area contributed by atoms with Crippen LogP contribution < -0.4 is 9.64 Å². The normalized spacial score (nSPS) is 17.5. The molecule has 1 unspecified atom stereocenters. The number of aliphatic hydroxyl groups excluding tert-OH is 1. The van der Waals surface area contributed by atoms with Crippen LogP contribution in [0.4, 0.5) is 5.69 Å². The maximum Gasteiger partial charge on any atom is 0.300 e. The molecule has 1 amide bonds. The number of aryl methyl sites for hydroxylation is 3. The van der Waals surface area contributed by atoms with Gasteiger partial charge in [0.2, 0.25) is 0 Å². The van der Waals surface area contributed by atoms with Crippen LogP contribution in [-0.2, 0) is 9.59 Å². The highest BCUT2D eigenvalue weighted by atomic mass is 16.5. The Kier molecular flexibility index (Phi) is 6.05. The summed E-state index contributed by atoms with van der Waals surface area (Å²) in [6.07, 6.45) is 0. The standard InChI is InChI=1S/C28H27NO4/c1-5-33-22-8-6-7-20(16-22)25-24(26(30)23-15-18(3)9-12-19(23)4)27(31)28(32)29(25)21-13-10-17(2)11-14-21/h6-16,25,30H,5H2,1-4H3/b26-24+. The minimum Gasteiger partial charge on any atom is -0.507 e. The fraction of sp³-hybridized carbons (Fsp3) is 0.214. The zero-order valence-corrected chi connectivity index (χ0v) is 19.3. The van der Waals surface area contributed by atoms with Crippen LogP contribution in [0.2, 0.25) is 0 Å². The molecule has 1 aliphatic rings. The van der Waals surface area contributed by atoms with E-state index in [9.17, 15) is 14.7 Å². The highest BCUT2D eigenvalue weighted by Gasteiger charge is 2.47. The first-order valence-electron chi connectivity index (χ1n) is 11.0. The molecule has 1 heterocycles. The molecule has 1 N–H and O–H groups in total. The third-order valence-corrected chi connectivity index (χ3v) is 5.89. The van der Waals surface area contributed by atoms with Gasteiger partial charge in [-0.15, -0.1) is 0 Å². The predicted octanol–water partition coefficient (Wildman–Crippen LogP) is 5.64. The summed E-state index contributed by atoms with van der Waals surface area (Å²) >= 11 is 0. The average Bonchev–Trinajstić information content (AvgIpc) is 3.06. The number of carbonyl (C=O) groups excluding carboxylic acids is 2. The van der Waals surface area contributed by atoms with Crippen LogP contribution >= 0.6 is 0 Å². The Hall–Kier alpha value is -3.86. The lowest BCUT2D eigenvalue weighted by Crippen LogP contribution is -2.29. The highest BCUT2D eigenvalue weighted by molar-refractivity contribution is 6.51. The largest absolute Gasteiger partial charge is 0.507 e. The van der Waals surface area contributed by atoms with E-state index in [1.165, 1.54) is 4.90 Å². The van der Waals surface area contributed by atoms with Gasteiger partial charge in [-0.05, 0) is 69.2 Å². The number of ether oxygens (including phenoxy) is 1. The van der Waals surface area contributed by atoms with Crippen molar-refractivity contribution in [3.8, 4) is 5.75 Å². The molecule has 168 valence electrons. The predicted molar refractivity (Wildman–Crippen MR) is 129 cm³/mol. The molecule has 0 aromatic heterocycles. The molecule has 1 atom stereocenters. The van der Waals surface area contributed by atoms with Crippen molar-refractivity contribution in [1.82, 2.24) is 0 Å². The SMILES string of the molecule is CCOc1cccc(C2/C(=C(\O)c3cc(C)ccc3C)C(=O)C(=O)N2c2ccc(C)cc2)c1. The summed E-state index contributed by atoms with van der Waals surface area (Å²) < 4.78 is 5.66. The number of hydrogen-bond acceptors (Lipinski definition) is 4. The maximum atomic E-state index is 13.3. The molecule has 5 nitrogen and oxygen atoms in total. The van der Waals surface area contributed by atoms with Crippen LogP contribution in [0.25, 0.3) is 5.76 Å². The molecule has 5 heteroatoms. The Morgan fingerprint density at radius 3 is 2.33 bits per heavy atom. The van der Waals surface area contributed by atoms with E-state index in [1.54, 1.807) is 0 Å². The summed E-state index contributed by atoms with van der Waals surface area (Å²) in [7, 11) is 0. The van der Waals surface area contributed by atoms with Crippen LogP contribution in [0.15, 0.2) is 72.3 Å². The number of anilines is 1. The number of ketones is 1. The summed E-state index contributed by atoms with van der Waals surface area (Å²) in [6.45, 7) is 8.14. The zero-order chi connectivity index (χ0) is 23.7. The molecule has 0 bridgehead atoms. The lowest BCUT2D eigenvalue weighted by atomic mass is 9.93. The van der Waals surface area contributed by atoms with Gasteiger partial charge in [-0.2, -0.15) is 0 Å². The van der Waals surface area contributed by atoms with Gasteiger partial charge in [0.25, 0.3) is 11.7 Å². The van der Waals surface area contributed by atoms with Crippen LogP contribution in [0.5, 0.6) is 5.75 Å². The second kappa shape index (κ2) is 8.94. The highest BCUT2D eigenvalue weighted by Crippen LogP contribution is 2.43. The van der Waals surface area contributed by atoms with Crippen molar-refractivity contribution in [2.75, 3.05) is 11.5 Å². The fourth-order valence-corrected chi connectivity index (χ4v) is 4.20. The summed E-state index contributed by atoms with van der Waals surface area (Å²) in [5.74, 6) is -0.912. The molecular weight excluding hydrogens is 414 g/mol. The molecule has 0 radical (unpaired) electrons. The van der Waals surface area contributed by atoms with E-state index in [0.717, 1.165) is 16.7 Å². The number of Topliss-reactive ketones (excluding diaryl/α,β-unsaturated/α-hetero) is 1. The van der Waals surface area contributed by atoms with Crippen molar-refractivity contribution in [2.45, 2.75) is 33.7 Å². The Balaban J connectivity index is 1.97. The second-order valence-electron chi connectivity index (χ2n) is 8.33. The van der Waals surface area contributed by atoms with Gasteiger partial charge in [0, 0.05) is 11.3 Å². The molecule has 0 saturated carbocycles. The number of nitrogens with zero attached hydrogens (tertiary/aromatic N) is 1. The first-order chi connectivity index (χ1) is 15.8. The van der Waals surface area contributed by atoms with Gasteiger partial charge < -0.3 is 9.84 Å². The molecule has 0 spiro atoms. The monoisotopic (exact) mass is 441 g/mol. The maximum absolute atomic E-state index is 13.3. The van der Waals surface area contributed by atoms with Gasteiger partial charge in [0.15, 0.2) is 0 Å². The van der Waals surface area contributed by atoms with Crippen molar-refractivity contribution < 1.29 is 19.4 Å². The van der Waals surface area contributed by atoms with Gasteiger partial charge in [-0.25, -0.2) is 0 Å². The van der Waals surface area contributed by atoms with Crippen molar-refractivity contribution >= 4 is 23.1 Å². The first-order valence-corrected chi connectivity index (χ1v) is 11.0. The molecule has 1 fully saturated rings. The first kappa shape index (κ1) is 22.3. The Morgan fingerprint density at radius 1 is 0.939 bits per heavy atom. The van der Waals surface area contributed by atoms with Crippen LogP contribution in [-0.4, -0.2) is 23.4 Å². The zero-order valence-electron chi connectivity index (χ0n) is 19.3. The van der Waals surface area contributed by atoms with Crippen LogP contribution in [0.3, 0.4) is 0 Å². The summed E-state index contributed by atoms with van der Waals surface area (Å²) in [5.41, 5.74) is 4.71. The van der Waals surface area contributed by atoms with Gasteiger partial charge in [0.1, 0.15) is 11.5 Å². The number of benzene rings is 3. The fourth-order valence-electron chi connectivity index (χ4n) is 4.20. The Labute approximate surface area is 193 Å². The van der Waals surface area contributed by atoms with E-state index in [0.29, 0.717) is 29.2 Å². The van der Waals surface area contributed by atoms with Crippen molar-refractivity contribution in [1.29, 1.82) is 0 Å². The van der Waals surface area contributed by atoms with Gasteiger partial charge in [0.05, 0.1) is 18.2 Å². The quantitative estimate of drug-likeness (QED) is 0.316. The number of amides is 1. The van der Waals surface area contributed by atoms with E-state index >= 15 is 0 Å². The second-order valence-corrected chi connectivity index (χ2v) is 8.33. The molecule has 1 aliphatic heterocycles. The smallest absolute Gasteiger partial charge is 0.300 e. The molecule has 0 aliphatic carbocycles. The third-order valence-electron chi connectivity index (χ3n) is 5.89.